The van der Waals surface area contributed by atoms with Gasteiger partial charge in [0.1, 0.15) is 11.6 Å². The van der Waals surface area contributed by atoms with Gasteiger partial charge >= 0.3 is 0 Å². The summed E-state index contributed by atoms with van der Waals surface area (Å²) in [6.45, 7) is 2.10. The van der Waals surface area contributed by atoms with Crippen molar-refractivity contribution in [3.63, 3.8) is 0 Å². The predicted molar refractivity (Wildman–Crippen MR) is 90.7 cm³/mol. The van der Waals surface area contributed by atoms with E-state index in [0.717, 1.165) is 28.7 Å². The van der Waals surface area contributed by atoms with Gasteiger partial charge < -0.3 is 5.11 Å². The molecule has 0 aliphatic carbocycles. The topological polar surface area (TPSA) is 20.2 Å². The molecule has 120 valence electrons. The van der Waals surface area contributed by atoms with Crippen LogP contribution >= 0.6 is 0 Å². The summed E-state index contributed by atoms with van der Waals surface area (Å²) in [5.41, 5.74) is 3.95. The number of halogens is 2. The molecule has 0 saturated heterocycles. The SMILES string of the molecule is C/C(=C(\C=C\c1ccc(F)cc1)CCCO)c1ccc(F)cc1. The molecule has 2 rings (SSSR count). The Labute approximate surface area is 135 Å². The third kappa shape index (κ3) is 5.15. The van der Waals surface area contributed by atoms with Crippen molar-refractivity contribution >= 4 is 11.6 Å². The Kier molecular flexibility index (Phi) is 6.24. The van der Waals surface area contributed by atoms with E-state index in [-0.39, 0.29) is 18.2 Å². The standard InChI is InChI=1S/C20H20F2O/c1-15(18-8-12-20(22)13-9-18)17(3-2-14-23)7-4-16-5-10-19(21)11-6-16/h4-13,23H,2-3,14H2,1H3/b7-4+,17-15+. The van der Waals surface area contributed by atoms with Crippen molar-refractivity contribution < 1.29 is 13.9 Å². The second kappa shape index (κ2) is 8.39. The van der Waals surface area contributed by atoms with Crippen molar-refractivity contribution in [1.29, 1.82) is 0 Å². The third-order valence-corrected chi connectivity index (χ3v) is 3.71. The summed E-state index contributed by atoms with van der Waals surface area (Å²) in [5, 5.41) is 9.08. The van der Waals surface area contributed by atoms with Crippen molar-refractivity contribution in [1.82, 2.24) is 0 Å². The maximum atomic E-state index is 13.1. The van der Waals surface area contributed by atoms with Gasteiger partial charge in [0, 0.05) is 6.61 Å². The monoisotopic (exact) mass is 314 g/mol. The maximum Gasteiger partial charge on any atom is 0.123 e. The fraction of sp³-hybridized carbons (Fsp3) is 0.200. The highest BCUT2D eigenvalue weighted by atomic mass is 19.1. The number of benzene rings is 2. The van der Waals surface area contributed by atoms with Gasteiger partial charge in [-0.05, 0) is 66.3 Å². The molecule has 0 aliphatic rings. The van der Waals surface area contributed by atoms with Crippen LogP contribution in [-0.2, 0) is 0 Å². The molecule has 0 heterocycles. The summed E-state index contributed by atoms with van der Waals surface area (Å²) in [5.74, 6) is -0.527. The Morgan fingerprint density at radius 3 is 2.09 bits per heavy atom. The number of hydrogen-bond acceptors (Lipinski definition) is 1. The van der Waals surface area contributed by atoms with Crippen LogP contribution in [0.3, 0.4) is 0 Å². The fourth-order valence-corrected chi connectivity index (χ4v) is 2.32. The molecular formula is C20H20F2O. The van der Waals surface area contributed by atoms with Gasteiger partial charge in [-0.25, -0.2) is 8.78 Å². The lowest BCUT2D eigenvalue weighted by molar-refractivity contribution is 0.289. The van der Waals surface area contributed by atoms with Crippen molar-refractivity contribution in [2.75, 3.05) is 6.61 Å². The average molecular weight is 314 g/mol. The number of hydrogen-bond donors (Lipinski definition) is 1. The second-order valence-electron chi connectivity index (χ2n) is 5.37. The first kappa shape index (κ1) is 17.1. The molecule has 0 atom stereocenters. The number of aliphatic hydroxyl groups is 1. The van der Waals surface area contributed by atoms with E-state index in [2.05, 4.69) is 0 Å². The average Bonchev–Trinajstić information content (AvgIpc) is 2.56. The lowest BCUT2D eigenvalue weighted by Crippen LogP contribution is -1.91. The third-order valence-electron chi connectivity index (χ3n) is 3.71. The number of rotatable bonds is 6. The molecule has 0 amide bonds. The van der Waals surface area contributed by atoms with Gasteiger partial charge in [-0.1, -0.05) is 36.4 Å². The Hall–Kier alpha value is -2.26. The molecule has 2 aromatic carbocycles. The van der Waals surface area contributed by atoms with Gasteiger partial charge in [0.25, 0.3) is 0 Å². The fourth-order valence-electron chi connectivity index (χ4n) is 2.32. The van der Waals surface area contributed by atoms with Gasteiger partial charge in [-0.2, -0.15) is 0 Å². The largest absolute Gasteiger partial charge is 0.396 e. The minimum absolute atomic E-state index is 0.116. The summed E-state index contributed by atoms with van der Waals surface area (Å²) < 4.78 is 26.0. The molecule has 0 aromatic heterocycles. The molecule has 0 fully saturated rings. The Bertz CT molecular complexity index is 683. The molecule has 23 heavy (non-hydrogen) atoms. The van der Waals surface area contributed by atoms with E-state index in [4.69, 9.17) is 5.11 Å². The second-order valence-corrected chi connectivity index (χ2v) is 5.37. The first-order valence-corrected chi connectivity index (χ1v) is 7.60. The lowest BCUT2D eigenvalue weighted by atomic mass is 9.97. The molecule has 3 heteroatoms. The van der Waals surface area contributed by atoms with Crippen LogP contribution in [0.5, 0.6) is 0 Å². The molecular weight excluding hydrogens is 294 g/mol. The van der Waals surface area contributed by atoms with Gasteiger partial charge in [-0.3, -0.25) is 0 Å². The molecule has 1 N–H and O–H groups in total. The first-order valence-electron chi connectivity index (χ1n) is 7.60. The molecule has 0 spiro atoms. The van der Waals surface area contributed by atoms with Crippen molar-refractivity contribution in [2.24, 2.45) is 0 Å². The van der Waals surface area contributed by atoms with Crippen LogP contribution < -0.4 is 0 Å². The summed E-state index contributed by atoms with van der Waals surface area (Å²) in [4.78, 5) is 0. The highest BCUT2D eigenvalue weighted by Crippen LogP contribution is 2.23. The minimum atomic E-state index is -0.264. The van der Waals surface area contributed by atoms with Crippen LogP contribution in [0.15, 0.2) is 60.2 Å². The molecule has 2 aromatic rings. The van der Waals surface area contributed by atoms with Gasteiger partial charge in [0.15, 0.2) is 0 Å². The number of allylic oxidation sites excluding steroid dienone is 3. The van der Waals surface area contributed by atoms with Crippen LogP contribution in [0.25, 0.3) is 11.6 Å². The van der Waals surface area contributed by atoms with E-state index in [9.17, 15) is 8.78 Å². The van der Waals surface area contributed by atoms with Crippen LogP contribution in [0.4, 0.5) is 8.78 Å². The molecule has 1 nitrogen and oxygen atoms in total. The molecule has 0 aliphatic heterocycles. The highest BCUT2D eigenvalue weighted by Gasteiger charge is 2.03. The zero-order valence-corrected chi connectivity index (χ0v) is 13.1. The summed E-state index contributed by atoms with van der Waals surface area (Å²) in [7, 11) is 0. The van der Waals surface area contributed by atoms with Crippen molar-refractivity contribution in [2.45, 2.75) is 19.8 Å². The normalized spacial score (nSPS) is 12.5. The maximum absolute atomic E-state index is 13.1. The van der Waals surface area contributed by atoms with E-state index >= 15 is 0 Å². The van der Waals surface area contributed by atoms with E-state index in [1.54, 1.807) is 24.3 Å². The predicted octanol–water partition coefficient (Wildman–Crippen LogP) is 5.22. The smallest absolute Gasteiger partial charge is 0.123 e. The van der Waals surface area contributed by atoms with Gasteiger partial charge in [0.05, 0.1) is 0 Å². The zero-order valence-electron chi connectivity index (χ0n) is 13.1. The number of aliphatic hydroxyl groups excluding tert-OH is 1. The van der Waals surface area contributed by atoms with Crippen molar-refractivity contribution in [3.8, 4) is 0 Å². The van der Waals surface area contributed by atoms with E-state index in [1.165, 1.54) is 24.3 Å². The minimum Gasteiger partial charge on any atom is -0.396 e. The van der Waals surface area contributed by atoms with Gasteiger partial charge in [-0.15, -0.1) is 0 Å². The van der Waals surface area contributed by atoms with Crippen LogP contribution in [0.1, 0.15) is 30.9 Å². The van der Waals surface area contributed by atoms with E-state index in [0.29, 0.717) is 6.42 Å². The van der Waals surface area contributed by atoms with Crippen LogP contribution in [0, 0.1) is 11.6 Å². The summed E-state index contributed by atoms with van der Waals surface area (Å²) in [6, 6.07) is 12.6. The summed E-state index contributed by atoms with van der Waals surface area (Å²) >= 11 is 0. The van der Waals surface area contributed by atoms with E-state index < -0.39 is 0 Å². The molecule has 0 bridgehead atoms. The summed E-state index contributed by atoms with van der Waals surface area (Å²) in [6.07, 6.45) is 5.26. The molecule has 0 saturated carbocycles. The van der Waals surface area contributed by atoms with Crippen molar-refractivity contribution in [3.05, 3.63) is 82.9 Å². The Morgan fingerprint density at radius 1 is 0.957 bits per heavy atom. The van der Waals surface area contributed by atoms with Crippen LogP contribution in [-0.4, -0.2) is 11.7 Å². The highest BCUT2D eigenvalue weighted by molar-refractivity contribution is 5.71. The first-order chi connectivity index (χ1) is 11.1. The lowest BCUT2D eigenvalue weighted by Gasteiger charge is -2.09. The van der Waals surface area contributed by atoms with Crippen LogP contribution in [0.2, 0.25) is 0 Å². The van der Waals surface area contributed by atoms with E-state index in [1.807, 2.05) is 19.1 Å². The zero-order chi connectivity index (χ0) is 16.7. The Morgan fingerprint density at radius 2 is 1.52 bits per heavy atom. The Balaban J connectivity index is 2.29. The molecule has 0 unspecified atom stereocenters. The molecule has 0 radical (unpaired) electrons. The quantitative estimate of drug-likeness (QED) is 0.724. The van der Waals surface area contributed by atoms with Gasteiger partial charge in [0.2, 0.25) is 0 Å².